The third kappa shape index (κ3) is 6.31. The van der Waals surface area contributed by atoms with Crippen LogP contribution in [0.4, 0.5) is 0 Å². The van der Waals surface area contributed by atoms with Crippen LogP contribution in [0, 0.1) is 0 Å². The normalized spacial score (nSPS) is 14.5. The second-order valence-electron chi connectivity index (χ2n) is 3.91. The molecule has 0 heterocycles. The average molecular weight is 320 g/mol. The van der Waals surface area contributed by atoms with Crippen molar-refractivity contribution in [3.05, 3.63) is 34.3 Å². The third-order valence-corrected chi connectivity index (χ3v) is 3.71. The quantitative estimate of drug-likeness (QED) is 0.754. The van der Waals surface area contributed by atoms with Crippen molar-refractivity contribution < 1.29 is 9.32 Å². The molecule has 2 N–H and O–H groups in total. The second kappa shape index (κ2) is 7.97. The van der Waals surface area contributed by atoms with Crippen molar-refractivity contribution >= 4 is 26.7 Å². The zero-order valence-electron chi connectivity index (χ0n) is 9.86. The van der Waals surface area contributed by atoms with Gasteiger partial charge in [0.2, 0.25) is 0 Å². The van der Waals surface area contributed by atoms with Gasteiger partial charge in [0.05, 0.1) is 6.10 Å². The lowest BCUT2D eigenvalue weighted by Crippen LogP contribution is -2.23. The van der Waals surface area contributed by atoms with Crippen LogP contribution in [0.2, 0.25) is 0 Å². The minimum Gasteiger partial charge on any atom is -0.387 e. The highest BCUT2D eigenvalue weighted by atomic mass is 79.9. The third-order valence-electron chi connectivity index (χ3n) is 2.36. The van der Waals surface area contributed by atoms with Gasteiger partial charge < -0.3 is 10.4 Å². The molecular formula is C12H18BrNO2S. The SMILES string of the molecule is CS(=O)CCCNCC(O)c1cccc(Br)c1. The van der Waals surface area contributed by atoms with Crippen molar-refractivity contribution in [1.82, 2.24) is 5.32 Å². The van der Waals surface area contributed by atoms with Gasteiger partial charge in [0, 0.05) is 33.8 Å². The molecule has 0 aromatic heterocycles. The molecule has 2 atom stereocenters. The molecule has 1 aromatic rings. The van der Waals surface area contributed by atoms with Crippen molar-refractivity contribution in [3.8, 4) is 0 Å². The first-order chi connectivity index (χ1) is 8.09. The number of nitrogens with one attached hydrogen (secondary N) is 1. The van der Waals surface area contributed by atoms with E-state index in [1.54, 1.807) is 6.26 Å². The molecule has 1 rings (SSSR count). The van der Waals surface area contributed by atoms with Crippen LogP contribution in [-0.2, 0) is 10.8 Å². The van der Waals surface area contributed by atoms with E-state index in [2.05, 4.69) is 21.2 Å². The lowest BCUT2D eigenvalue weighted by molar-refractivity contribution is 0.175. The van der Waals surface area contributed by atoms with Crippen LogP contribution in [-0.4, -0.2) is 34.4 Å². The minimum atomic E-state index is -0.728. The maximum absolute atomic E-state index is 10.8. The van der Waals surface area contributed by atoms with E-state index in [4.69, 9.17) is 0 Å². The van der Waals surface area contributed by atoms with E-state index in [-0.39, 0.29) is 0 Å². The van der Waals surface area contributed by atoms with E-state index in [0.717, 1.165) is 23.0 Å². The van der Waals surface area contributed by atoms with Gasteiger partial charge in [-0.2, -0.15) is 0 Å². The first-order valence-corrected chi connectivity index (χ1v) is 8.06. The van der Waals surface area contributed by atoms with E-state index >= 15 is 0 Å². The molecule has 1 aromatic carbocycles. The summed E-state index contributed by atoms with van der Waals surface area (Å²) in [6.07, 6.45) is 2.07. The van der Waals surface area contributed by atoms with Crippen LogP contribution >= 0.6 is 15.9 Å². The Hall–Kier alpha value is -0.230. The molecule has 17 heavy (non-hydrogen) atoms. The van der Waals surface area contributed by atoms with Gasteiger partial charge in [0.1, 0.15) is 0 Å². The largest absolute Gasteiger partial charge is 0.387 e. The standard InChI is InChI=1S/C12H18BrNO2S/c1-17(16)7-3-6-14-9-12(15)10-4-2-5-11(13)8-10/h2,4-5,8,12,14-15H,3,6-7,9H2,1H3. The van der Waals surface area contributed by atoms with Gasteiger partial charge >= 0.3 is 0 Å². The summed E-state index contributed by atoms with van der Waals surface area (Å²) < 4.78 is 11.8. The molecule has 0 spiro atoms. The van der Waals surface area contributed by atoms with E-state index in [1.807, 2.05) is 24.3 Å². The molecule has 0 saturated heterocycles. The topological polar surface area (TPSA) is 49.3 Å². The molecule has 0 bridgehead atoms. The fourth-order valence-corrected chi connectivity index (χ4v) is 2.44. The van der Waals surface area contributed by atoms with Crippen LogP contribution in [0.25, 0.3) is 0 Å². The Morgan fingerprint density at radius 2 is 2.29 bits per heavy atom. The molecule has 0 radical (unpaired) electrons. The zero-order chi connectivity index (χ0) is 12.7. The maximum atomic E-state index is 10.8. The molecule has 0 saturated carbocycles. The lowest BCUT2D eigenvalue weighted by Gasteiger charge is -2.12. The van der Waals surface area contributed by atoms with Gasteiger partial charge in [-0.3, -0.25) is 4.21 Å². The average Bonchev–Trinajstić information content (AvgIpc) is 2.28. The van der Waals surface area contributed by atoms with Crippen molar-refractivity contribution in [2.24, 2.45) is 0 Å². The van der Waals surface area contributed by atoms with E-state index in [9.17, 15) is 9.32 Å². The second-order valence-corrected chi connectivity index (χ2v) is 6.38. The number of hydrogen-bond acceptors (Lipinski definition) is 3. The zero-order valence-corrected chi connectivity index (χ0v) is 12.3. The Balaban J connectivity index is 2.25. The van der Waals surface area contributed by atoms with Crippen molar-refractivity contribution in [2.45, 2.75) is 12.5 Å². The number of halogens is 1. The summed E-state index contributed by atoms with van der Waals surface area (Å²) in [7, 11) is -0.728. The fraction of sp³-hybridized carbons (Fsp3) is 0.500. The monoisotopic (exact) mass is 319 g/mol. The Kier molecular flexibility index (Phi) is 6.96. The molecule has 5 heteroatoms. The highest BCUT2D eigenvalue weighted by Crippen LogP contribution is 2.17. The highest BCUT2D eigenvalue weighted by Gasteiger charge is 2.06. The molecule has 3 nitrogen and oxygen atoms in total. The molecule has 0 aliphatic carbocycles. The summed E-state index contributed by atoms with van der Waals surface area (Å²) in [5.41, 5.74) is 0.894. The van der Waals surface area contributed by atoms with Gasteiger partial charge in [-0.1, -0.05) is 28.1 Å². The number of benzene rings is 1. The fourth-order valence-electron chi connectivity index (χ4n) is 1.47. The number of aliphatic hydroxyl groups excluding tert-OH is 1. The Morgan fingerprint density at radius 3 is 2.94 bits per heavy atom. The Bertz CT molecular complexity index is 373. The highest BCUT2D eigenvalue weighted by molar-refractivity contribution is 9.10. The molecule has 0 aliphatic heterocycles. The van der Waals surface area contributed by atoms with Crippen LogP contribution in [0.3, 0.4) is 0 Å². The summed E-state index contributed by atoms with van der Waals surface area (Å²) in [4.78, 5) is 0. The molecule has 0 aliphatic rings. The van der Waals surface area contributed by atoms with Crippen LogP contribution < -0.4 is 5.32 Å². The van der Waals surface area contributed by atoms with E-state index in [1.165, 1.54) is 0 Å². The van der Waals surface area contributed by atoms with Crippen LogP contribution in [0.15, 0.2) is 28.7 Å². The van der Waals surface area contributed by atoms with Gasteiger partial charge in [-0.05, 0) is 30.7 Å². The van der Waals surface area contributed by atoms with E-state index < -0.39 is 16.9 Å². The summed E-state index contributed by atoms with van der Waals surface area (Å²) in [6.45, 7) is 1.30. The molecule has 2 unspecified atom stereocenters. The van der Waals surface area contributed by atoms with Gasteiger partial charge in [0.15, 0.2) is 0 Å². The van der Waals surface area contributed by atoms with Crippen LogP contribution in [0.5, 0.6) is 0 Å². The van der Waals surface area contributed by atoms with Crippen molar-refractivity contribution in [3.63, 3.8) is 0 Å². The Labute approximate surface area is 113 Å². The van der Waals surface area contributed by atoms with Gasteiger partial charge in [-0.15, -0.1) is 0 Å². The minimum absolute atomic E-state index is 0.500. The van der Waals surface area contributed by atoms with Gasteiger partial charge in [-0.25, -0.2) is 0 Å². The van der Waals surface area contributed by atoms with Crippen LogP contribution in [0.1, 0.15) is 18.1 Å². The Morgan fingerprint density at radius 1 is 1.53 bits per heavy atom. The molecule has 0 fully saturated rings. The molecule has 96 valence electrons. The number of hydrogen-bond donors (Lipinski definition) is 2. The molecule has 0 amide bonds. The maximum Gasteiger partial charge on any atom is 0.0914 e. The first kappa shape index (κ1) is 14.8. The number of rotatable bonds is 7. The smallest absolute Gasteiger partial charge is 0.0914 e. The summed E-state index contributed by atoms with van der Waals surface area (Å²) in [5.74, 6) is 0.708. The first-order valence-electron chi connectivity index (χ1n) is 5.54. The van der Waals surface area contributed by atoms with E-state index in [0.29, 0.717) is 12.3 Å². The summed E-state index contributed by atoms with van der Waals surface area (Å²) in [5, 5.41) is 13.1. The predicted octanol–water partition coefficient (Wildman–Crippen LogP) is 1.84. The van der Waals surface area contributed by atoms with Crippen molar-refractivity contribution in [2.75, 3.05) is 25.1 Å². The summed E-state index contributed by atoms with van der Waals surface area (Å²) >= 11 is 3.37. The number of aliphatic hydroxyl groups is 1. The molecular weight excluding hydrogens is 302 g/mol. The lowest BCUT2D eigenvalue weighted by atomic mass is 10.1. The predicted molar refractivity (Wildman–Crippen MR) is 75.5 cm³/mol. The van der Waals surface area contributed by atoms with Gasteiger partial charge in [0.25, 0.3) is 0 Å². The van der Waals surface area contributed by atoms with Crippen molar-refractivity contribution in [1.29, 1.82) is 0 Å². The summed E-state index contributed by atoms with van der Waals surface area (Å²) in [6, 6.07) is 7.65.